The standard InChI is InChI=1S/C19H20N2O5/c1-4-24-14-8-6-13(7-9-14)10-16(22)21-18-15(11-20)17(12(3)26-18)19(23)25-5-2/h6-9H,4-5,10H2,1-3H3,(H,21,22). The Hall–Kier alpha value is -3.27. The third kappa shape index (κ3) is 4.42. The van der Waals surface area contributed by atoms with E-state index >= 15 is 0 Å². The van der Waals surface area contributed by atoms with E-state index in [1.807, 2.05) is 13.0 Å². The maximum absolute atomic E-state index is 12.2. The molecule has 1 heterocycles. The summed E-state index contributed by atoms with van der Waals surface area (Å²) in [7, 11) is 0. The van der Waals surface area contributed by atoms with Crippen LogP contribution in [-0.2, 0) is 16.0 Å². The zero-order chi connectivity index (χ0) is 19.1. The number of carbonyl (C=O) groups is 2. The first-order valence-electron chi connectivity index (χ1n) is 8.22. The fourth-order valence-corrected chi connectivity index (χ4v) is 2.41. The van der Waals surface area contributed by atoms with Gasteiger partial charge in [0.25, 0.3) is 0 Å². The van der Waals surface area contributed by atoms with Crippen LogP contribution in [0.15, 0.2) is 28.7 Å². The molecule has 0 unspecified atom stereocenters. The topological polar surface area (TPSA) is 102 Å². The molecule has 7 nitrogen and oxygen atoms in total. The summed E-state index contributed by atoms with van der Waals surface area (Å²) < 4.78 is 15.7. The first-order valence-corrected chi connectivity index (χ1v) is 8.22. The first kappa shape index (κ1) is 19.1. The molecule has 0 saturated carbocycles. The summed E-state index contributed by atoms with van der Waals surface area (Å²) in [5.74, 6) is -0.128. The van der Waals surface area contributed by atoms with Crippen LogP contribution in [0.2, 0.25) is 0 Å². The van der Waals surface area contributed by atoms with Crippen LogP contribution in [0.1, 0.15) is 41.1 Å². The van der Waals surface area contributed by atoms with Crippen molar-refractivity contribution in [1.82, 2.24) is 0 Å². The van der Waals surface area contributed by atoms with Crippen LogP contribution >= 0.6 is 0 Å². The molecule has 2 rings (SSSR count). The van der Waals surface area contributed by atoms with Crippen LogP contribution in [-0.4, -0.2) is 25.1 Å². The number of amides is 1. The molecule has 0 aliphatic carbocycles. The maximum Gasteiger partial charge on any atom is 0.343 e. The number of aryl methyl sites for hydroxylation is 1. The molecule has 1 N–H and O–H groups in total. The average Bonchev–Trinajstić information content (AvgIpc) is 2.92. The van der Waals surface area contributed by atoms with E-state index in [-0.39, 0.29) is 41.7 Å². The molecule has 0 spiro atoms. The highest BCUT2D eigenvalue weighted by Gasteiger charge is 2.25. The van der Waals surface area contributed by atoms with Gasteiger partial charge in [0, 0.05) is 0 Å². The number of benzene rings is 1. The van der Waals surface area contributed by atoms with Gasteiger partial charge < -0.3 is 13.9 Å². The summed E-state index contributed by atoms with van der Waals surface area (Å²) in [5.41, 5.74) is 0.769. The van der Waals surface area contributed by atoms with Crippen molar-refractivity contribution in [3.63, 3.8) is 0 Å². The predicted molar refractivity (Wildman–Crippen MR) is 94.1 cm³/mol. The van der Waals surface area contributed by atoms with Gasteiger partial charge in [-0.3, -0.25) is 10.1 Å². The summed E-state index contributed by atoms with van der Waals surface area (Å²) >= 11 is 0. The Morgan fingerprint density at radius 2 is 1.88 bits per heavy atom. The number of nitrogens with one attached hydrogen (secondary N) is 1. The van der Waals surface area contributed by atoms with Crippen LogP contribution in [0.3, 0.4) is 0 Å². The molecule has 1 aromatic carbocycles. The number of ether oxygens (including phenoxy) is 2. The third-order valence-corrected chi connectivity index (χ3v) is 3.53. The molecule has 136 valence electrons. The Balaban J connectivity index is 2.12. The number of hydrogen-bond acceptors (Lipinski definition) is 6. The minimum atomic E-state index is -0.655. The van der Waals surface area contributed by atoms with Gasteiger partial charge in [-0.1, -0.05) is 12.1 Å². The van der Waals surface area contributed by atoms with Gasteiger partial charge in [-0.15, -0.1) is 0 Å². The highest BCUT2D eigenvalue weighted by atomic mass is 16.5. The van der Waals surface area contributed by atoms with E-state index in [0.29, 0.717) is 6.61 Å². The predicted octanol–water partition coefficient (Wildman–Crippen LogP) is 3.22. The van der Waals surface area contributed by atoms with E-state index in [1.165, 1.54) is 6.92 Å². The van der Waals surface area contributed by atoms with Crippen LogP contribution in [0.25, 0.3) is 0 Å². The van der Waals surface area contributed by atoms with Gasteiger partial charge in [0.15, 0.2) is 0 Å². The molecule has 0 fully saturated rings. The van der Waals surface area contributed by atoms with E-state index in [2.05, 4.69) is 5.32 Å². The van der Waals surface area contributed by atoms with Crippen molar-refractivity contribution in [2.75, 3.05) is 18.5 Å². The van der Waals surface area contributed by atoms with Crippen LogP contribution < -0.4 is 10.1 Å². The van der Waals surface area contributed by atoms with Crippen molar-refractivity contribution in [3.05, 3.63) is 46.7 Å². The lowest BCUT2D eigenvalue weighted by atomic mass is 10.1. The SMILES string of the molecule is CCOC(=O)c1c(C)oc(NC(=O)Cc2ccc(OCC)cc2)c1C#N. The highest BCUT2D eigenvalue weighted by Crippen LogP contribution is 2.27. The van der Waals surface area contributed by atoms with Gasteiger partial charge in [0.1, 0.15) is 28.7 Å². The van der Waals surface area contributed by atoms with Crippen molar-refractivity contribution >= 4 is 17.8 Å². The van der Waals surface area contributed by atoms with Gasteiger partial charge >= 0.3 is 5.97 Å². The van der Waals surface area contributed by atoms with Crippen LogP contribution in [0, 0.1) is 18.3 Å². The Bertz CT molecular complexity index is 831. The van der Waals surface area contributed by atoms with Crippen molar-refractivity contribution < 1.29 is 23.5 Å². The fraction of sp³-hybridized carbons (Fsp3) is 0.316. The molecule has 0 bridgehead atoms. The number of esters is 1. The molecule has 0 radical (unpaired) electrons. The summed E-state index contributed by atoms with van der Waals surface area (Å²) in [4.78, 5) is 24.2. The first-order chi connectivity index (χ1) is 12.5. The molecule has 2 aromatic rings. The number of carbonyl (C=O) groups excluding carboxylic acids is 2. The van der Waals surface area contributed by atoms with Gasteiger partial charge in [0.2, 0.25) is 11.8 Å². The van der Waals surface area contributed by atoms with Gasteiger partial charge in [-0.25, -0.2) is 4.79 Å². The lowest BCUT2D eigenvalue weighted by Gasteiger charge is -2.05. The van der Waals surface area contributed by atoms with E-state index in [9.17, 15) is 14.9 Å². The van der Waals surface area contributed by atoms with Crippen molar-refractivity contribution in [1.29, 1.82) is 5.26 Å². The lowest BCUT2D eigenvalue weighted by Crippen LogP contribution is -2.15. The van der Waals surface area contributed by atoms with Gasteiger partial charge in [-0.2, -0.15) is 5.26 Å². The monoisotopic (exact) mass is 356 g/mol. The summed E-state index contributed by atoms with van der Waals surface area (Å²) in [6.07, 6.45) is 0.0890. The van der Waals surface area contributed by atoms with Gasteiger partial charge in [0.05, 0.1) is 19.6 Å². The lowest BCUT2D eigenvalue weighted by molar-refractivity contribution is -0.115. The zero-order valence-corrected chi connectivity index (χ0v) is 14.9. The molecule has 1 aromatic heterocycles. The summed E-state index contributed by atoms with van der Waals surface area (Å²) in [6, 6.07) is 9.02. The Morgan fingerprint density at radius 3 is 2.46 bits per heavy atom. The van der Waals surface area contributed by atoms with Crippen LogP contribution in [0.5, 0.6) is 5.75 Å². The minimum absolute atomic E-state index is 0.0331. The van der Waals surface area contributed by atoms with E-state index in [0.717, 1.165) is 11.3 Å². The number of nitrogens with zero attached hydrogens (tertiary/aromatic N) is 1. The second kappa shape index (κ2) is 8.72. The summed E-state index contributed by atoms with van der Waals surface area (Å²) in [5, 5.41) is 11.9. The molecular formula is C19H20N2O5. The molecule has 0 atom stereocenters. The van der Waals surface area contributed by atoms with Gasteiger partial charge in [-0.05, 0) is 38.5 Å². The molecule has 0 aliphatic heterocycles. The van der Waals surface area contributed by atoms with Crippen molar-refractivity contribution in [2.24, 2.45) is 0 Å². The van der Waals surface area contributed by atoms with Crippen LogP contribution in [0.4, 0.5) is 5.88 Å². The van der Waals surface area contributed by atoms with E-state index in [4.69, 9.17) is 13.9 Å². The Kier molecular flexibility index (Phi) is 6.39. The second-order valence-electron chi connectivity index (χ2n) is 5.37. The Morgan fingerprint density at radius 1 is 1.19 bits per heavy atom. The number of nitriles is 1. The largest absolute Gasteiger partial charge is 0.494 e. The van der Waals surface area contributed by atoms with E-state index < -0.39 is 5.97 Å². The van der Waals surface area contributed by atoms with Crippen molar-refractivity contribution in [2.45, 2.75) is 27.2 Å². The number of anilines is 1. The minimum Gasteiger partial charge on any atom is -0.494 e. The van der Waals surface area contributed by atoms with E-state index in [1.54, 1.807) is 31.2 Å². The Labute approximate surface area is 151 Å². The molecule has 0 aliphatic rings. The molecule has 1 amide bonds. The number of furan rings is 1. The highest BCUT2D eigenvalue weighted by molar-refractivity contribution is 5.98. The summed E-state index contributed by atoms with van der Waals surface area (Å²) in [6.45, 7) is 5.84. The third-order valence-electron chi connectivity index (χ3n) is 3.53. The number of hydrogen-bond donors (Lipinski definition) is 1. The molecule has 26 heavy (non-hydrogen) atoms. The fourth-order valence-electron chi connectivity index (χ4n) is 2.41. The molecular weight excluding hydrogens is 336 g/mol. The number of rotatable bonds is 7. The average molecular weight is 356 g/mol. The molecule has 0 saturated heterocycles. The maximum atomic E-state index is 12.2. The molecule has 7 heteroatoms. The van der Waals surface area contributed by atoms with Crippen molar-refractivity contribution in [3.8, 4) is 11.8 Å². The smallest absolute Gasteiger partial charge is 0.343 e. The quantitative estimate of drug-likeness (QED) is 0.764. The zero-order valence-electron chi connectivity index (χ0n) is 14.9. The normalized spacial score (nSPS) is 10.1. The second-order valence-corrected chi connectivity index (χ2v) is 5.37.